The number of benzene rings is 1. The normalized spacial score (nSPS) is 16.8. The van der Waals surface area contributed by atoms with Crippen molar-refractivity contribution in [2.45, 2.75) is 25.9 Å². The molecule has 126 valence electrons. The number of pyridine rings is 1. The Kier molecular flexibility index (Phi) is 5.33. The van der Waals surface area contributed by atoms with Crippen LogP contribution in [0.5, 0.6) is 0 Å². The summed E-state index contributed by atoms with van der Waals surface area (Å²) in [5.41, 5.74) is 3.19. The third-order valence-electron chi connectivity index (χ3n) is 3.99. The fraction of sp³-hybridized carbons (Fsp3) is 0.333. The van der Waals surface area contributed by atoms with Gasteiger partial charge in [0.25, 0.3) is 5.91 Å². The molecule has 0 saturated carbocycles. The van der Waals surface area contributed by atoms with Crippen LogP contribution in [0.4, 0.5) is 11.4 Å². The van der Waals surface area contributed by atoms with Gasteiger partial charge in [0, 0.05) is 23.9 Å². The molecule has 2 aromatic rings. The topological polar surface area (TPSA) is 63.2 Å². The summed E-state index contributed by atoms with van der Waals surface area (Å²) in [5, 5.41) is 6.79. The number of carbonyl (C=O) groups is 1. The van der Waals surface area contributed by atoms with E-state index in [0.717, 1.165) is 36.4 Å². The molecule has 5 nitrogen and oxygen atoms in total. The van der Waals surface area contributed by atoms with Gasteiger partial charge >= 0.3 is 0 Å². The first-order chi connectivity index (χ1) is 11.6. The number of hydrogen-bond acceptors (Lipinski definition) is 4. The minimum absolute atomic E-state index is 0.126. The maximum atomic E-state index is 12.1. The van der Waals surface area contributed by atoms with Crippen LogP contribution in [-0.4, -0.2) is 30.1 Å². The predicted molar refractivity (Wildman–Crippen MR) is 95.0 cm³/mol. The van der Waals surface area contributed by atoms with Gasteiger partial charge in [-0.1, -0.05) is 17.7 Å². The van der Waals surface area contributed by atoms with Crippen LogP contribution in [0.1, 0.15) is 28.9 Å². The van der Waals surface area contributed by atoms with E-state index in [1.165, 1.54) is 0 Å². The molecule has 1 aliphatic heterocycles. The lowest BCUT2D eigenvalue weighted by molar-refractivity contribution is 0.0854. The average molecular weight is 346 g/mol. The van der Waals surface area contributed by atoms with Crippen molar-refractivity contribution in [1.82, 2.24) is 10.3 Å². The van der Waals surface area contributed by atoms with E-state index in [1.807, 2.05) is 31.2 Å². The molecule has 3 rings (SSSR count). The fourth-order valence-corrected chi connectivity index (χ4v) is 2.76. The Labute approximate surface area is 146 Å². The summed E-state index contributed by atoms with van der Waals surface area (Å²) in [6.45, 7) is 3.31. The number of nitrogens with zero attached hydrogens (tertiary/aromatic N) is 1. The fourth-order valence-electron chi connectivity index (χ4n) is 2.59. The molecule has 0 aliphatic carbocycles. The summed E-state index contributed by atoms with van der Waals surface area (Å²) >= 11 is 6.02. The summed E-state index contributed by atoms with van der Waals surface area (Å²) in [6, 6.07) is 9.19. The van der Waals surface area contributed by atoms with Gasteiger partial charge < -0.3 is 15.4 Å². The number of nitrogens with one attached hydrogen (secondary N) is 2. The molecular weight excluding hydrogens is 326 g/mol. The lowest BCUT2D eigenvalue weighted by Gasteiger charge is -2.12. The molecule has 24 heavy (non-hydrogen) atoms. The first-order valence-electron chi connectivity index (χ1n) is 8.01. The molecule has 1 saturated heterocycles. The molecule has 1 fully saturated rings. The Morgan fingerprint density at radius 3 is 2.96 bits per heavy atom. The lowest BCUT2D eigenvalue weighted by Crippen LogP contribution is -2.32. The van der Waals surface area contributed by atoms with Crippen LogP contribution in [0, 0.1) is 6.92 Å². The van der Waals surface area contributed by atoms with Gasteiger partial charge in [0.05, 0.1) is 18.0 Å². The quantitative estimate of drug-likeness (QED) is 0.867. The minimum atomic E-state index is -0.184. The van der Waals surface area contributed by atoms with Crippen molar-refractivity contribution in [2.75, 3.05) is 18.5 Å². The summed E-state index contributed by atoms with van der Waals surface area (Å²) in [6.07, 6.45) is 3.82. The zero-order valence-electron chi connectivity index (χ0n) is 13.5. The minimum Gasteiger partial charge on any atom is -0.376 e. The second-order valence-corrected chi connectivity index (χ2v) is 6.30. The molecule has 2 heterocycles. The predicted octanol–water partition coefficient (Wildman–Crippen LogP) is 3.70. The van der Waals surface area contributed by atoms with Gasteiger partial charge in [0.2, 0.25) is 0 Å². The summed E-state index contributed by atoms with van der Waals surface area (Å²) < 4.78 is 5.49. The van der Waals surface area contributed by atoms with E-state index in [2.05, 4.69) is 15.6 Å². The van der Waals surface area contributed by atoms with Gasteiger partial charge in [-0.3, -0.25) is 4.79 Å². The molecule has 0 spiro atoms. The highest BCUT2D eigenvalue weighted by atomic mass is 35.5. The number of aryl methyl sites for hydroxylation is 1. The highest BCUT2D eigenvalue weighted by Crippen LogP contribution is 2.23. The van der Waals surface area contributed by atoms with Crippen molar-refractivity contribution in [3.8, 4) is 0 Å². The van der Waals surface area contributed by atoms with Crippen molar-refractivity contribution in [3.05, 3.63) is 52.8 Å². The molecule has 0 bridgehead atoms. The second kappa shape index (κ2) is 7.64. The molecule has 1 amide bonds. The smallest absolute Gasteiger partial charge is 0.269 e. The number of carbonyl (C=O) groups excluding carboxylic acids is 1. The standard InChI is InChI=1S/C18H20ClN3O2/c1-12-4-5-13(19)9-17(12)22-14-6-7-16(20-10-14)18(23)21-11-15-3-2-8-24-15/h4-7,9-10,15,22H,2-3,8,11H2,1H3,(H,21,23). The number of aromatic nitrogens is 1. The number of rotatable bonds is 5. The number of amides is 1. The SMILES string of the molecule is Cc1ccc(Cl)cc1Nc1ccc(C(=O)NCC2CCCO2)nc1. The summed E-state index contributed by atoms with van der Waals surface area (Å²) in [7, 11) is 0. The Hall–Kier alpha value is -2.11. The van der Waals surface area contributed by atoms with Crippen molar-refractivity contribution in [2.24, 2.45) is 0 Å². The third kappa shape index (κ3) is 4.24. The Morgan fingerprint density at radius 1 is 1.38 bits per heavy atom. The van der Waals surface area contributed by atoms with Crippen molar-refractivity contribution < 1.29 is 9.53 Å². The highest BCUT2D eigenvalue weighted by molar-refractivity contribution is 6.30. The van der Waals surface area contributed by atoms with E-state index in [4.69, 9.17) is 16.3 Å². The number of hydrogen-bond donors (Lipinski definition) is 2. The van der Waals surface area contributed by atoms with E-state index >= 15 is 0 Å². The molecule has 1 aliphatic rings. The maximum Gasteiger partial charge on any atom is 0.269 e. The summed E-state index contributed by atoms with van der Waals surface area (Å²) in [5.74, 6) is -0.184. The van der Waals surface area contributed by atoms with Crippen LogP contribution < -0.4 is 10.6 Å². The molecule has 1 aromatic carbocycles. The van der Waals surface area contributed by atoms with Gasteiger partial charge in [0.1, 0.15) is 5.69 Å². The Balaban J connectivity index is 1.60. The molecule has 1 unspecified atom stereocenters. The van der Waals surface area contributed by atoms with Gasteiger partial charge in [-0.15, -0.1) is 0 Å². The van der Waals surface area contributed by atoms with E-state index in [0.29, 0.717) is 17.3 Å². The number of anilines is 2. The molecule has 6 heteroatoms. The highest BCUT2D eigenvalue weighted by Gasteiger charge is 2.17. The second-order valence-electron chi connectivity index (χ2n) is 5.86. The number of ether oxygens (including phenoxy) is 1. The van der Waals surface area contributed by atoms with Gasteiger partial charge in [-0.05, 0) is 49.6 Å². The van der Waals surface area contributed by atoms with Crippen LogP contribution in [0.3, 0.4) is 0 Å². The number of halogens is 1. The molecule has 0 radical (unpaired) electrons. The first kappa shape index (κ1) is 16.7. The van der Waals surface area contributed by atoms with Crippen LogP contribution in [0.2, 0.25) is 5.02 Å². The zero-order valence-corrected chi connectivity index (χ0v) is 14.3. The van der Waals surface area contributed by atoms with Crippen LogP contribution in [0.15, 0.2) is 36.5 Å². The molecule has 2 N–H and O–H groups in total. The van der Waals surface area contributed by atoms with E-state index in [1.54, 1.807) is 12.3 Å². The van der Waals surface area contributed by atoms with Crippen molar-refractivity contribution in [3.63, 3.8) is 0 Å². The van der Waals surface area contributed by atoms with Gasteiger partial charge in [-0.2, -0.15) is 0 Å². The average Bonchev–Trinajstić information content (AvgIpc) is 3.10. The Bertz CT molecular complexity index is 713. The maximum absolute atomic E-state index is 12.1. The molecule has 1 aromatic heterocycles. The third-order valence-corrected chi connectivity index (χ3v) is 4.22. The molecular formula is C18H20ClN3O2. The van der Waals surface area contributed by atoms with E-state index < -0.39 is 0 Å². The van der Waals surface area contributed by atoms with Gasteiger partial charge in [-0.25, -0.2) is 4.98 Å². The van der Waals surface area contributed by atoms with Crippen molar-refractivity contribution in [1.29, 1.82) is 0 Å². The lowest BCUT2D eigenvalue weighted by atomic mass is 10.2. The first-order valence-corrected chi connectivity index (χ1v) is 8.38. The monoisotopic (exact) mass is 345 g/mol. The molecule has 1 atom stereocenters. The van der Waals surface area contributed by atoms with Crippen LogP contribution >= 0.6 is 11.6 Å². The Morgan fingerprint density at radius 2 is 2.25 bits per heavy atom. The van der Waals surface area contributed by atoms with E-state index in [-0.39, 0.29) is 12.0 Å². The zero-order chi connectivity index (χ0) is 16.9. The van der Waals surface area contributed by atoms with Gasteiger partial charge in [0.15, 0.2) is 0 Å². The van der Waals surface area contributed by atoms with E-state index in [9.17, 15) is 4.79 Å². The summed E-state index contributed by atoms with van der Waals surface area (Å²) in [4.78, 5) is 16.3. The van der Waals surface area contributed by atoms with Crippen LogP contribution in [-0.2, 0) is 4.74 Å². The van der Waals surface area contributed by atoms with Crippen molar-refractivity contribution >= 4 is 28.9 Å². The largest absolute Gasteiger partial charge is 0.376 e. The van der Waals surface area contributed by atoms with Crippen LogP contribution in [0.25, 0.3) is 0 Å².